The van der Waals surface area contributed by atoms with E-state index >= 15 is 0 Å². The Morgan fingerprint density at radius 3 is 1.13 bits per heavy atom. The highest BCUT2D eigenvalue weighted by molar-refractivity contribution is 14.1. The zero-order valence-corrected chi connectivity index (χ0v) is 51.8. The second kappa shape index (κ2) is 39.0. The number of aromatic hydroxyl groups is 2. The molecule has 6 rings (SSSR count). The maximum absolute atomic E-state index is 12.7. The molecular formula is C64H70IN3O21. The molecule has 24 nitrogen and oxygen atoms in total. The third-order valence-corrected chi connectivity index (χ3v) is 12.9. The van der Waals surface area contributed by atoms with Gasteiger partial charge in [-0.15, -0.1) is 0 Å². The van der Waals surface area contributed by atoms with Gasteiger partial charge in [-0.05, 0) is 113 Å². The van der Waals surface area contributed by atoms with Crippen LogP contribution in [0.4, 0.5) is 14.4 Å². The lowest BCUT2D eigenvalue weighted by molar-refractivity contribution is -0.148. The Balaban J connectivity index is 0.000000289. The fourth-order valence-electron chi connectivity index (χ4n) is 7.68. The summed E-state index contributed by atoms with van der Waals surface area (Å²) >= 11 is 1.99. The molecule has 0 aromatic heterocycles. The van der Waals surface area contributed by atoms with E-state index in [1.807, 2.05) is 101 Å². The first-order valence-corrected chi connectivity index (χ1v) is 28.6. The van der Waals surface area contributed by atoms with E-state index < -0.39 is 78.8 Å². The summed E-state index contributed by atoms with van der Waals surface area (Å²) in [6, 6.07) is 38.2. The van der Waals surface area contributed by atoms with Crippen LogP contribution in [0.2, 0.25) is 0 Å². The molecule has 0 unspecified atom stereocenters. The Bertz CT molecular complexity index is 3280. The van der Waals surface area contributed by atoms with Crippen LogP contribution < -0.4 is 20.7 Å². The fourth-order valence-corrected chi connectivity index (χ4v) is 8.26. The topological polar surface area (TPSA) is 322 Å². The van der Waals surface area contributed by atoms with Crippen molar-refractivity contribution in [3.63, 3.8) is 0 Å². The van der Waals surface area contributed by atoms with Crippen LogP contribution in [-0.2, 0) is 101 Å². The summed E-state index contributed by atoms with van der Waals surface area (Å²) in [5.74, 6) is -3.81. The van der Waals surface area contributed by atoms with Crippen LogP contribution in [-0.4, -0.2) is 130 Å². The number of alkyl carbamates (subject to hydrolysis) is 3. The molecule has 0 spiro atoms. The van der Waals surface area contributed by atoms with Gasteiger partial charge in [0.2, 0.25) is 0 Å². The number of halogens is 1. The molecule has 474 valence electrons. The highest BCUT2D eigenvalue weighted by atomic mass is 127. The average Bonchev–Trinajstić information content (AvgIpc) is 2.48. The van der Waals surface area contributed by atoms with E-state index in [1.54, 1.807) is 57.2 Å². The quantitative estimate of drug-likeness (QED) is 0.0193. The smallest absolute Gasteiger partial charge is 0.407 e. The summed E-state index contributed by atoms with van der Waals surface area (Å²) in [5, 5.41) is 26.8. The first-order valence-electron chi connectivity index (χ1n) is 27.5. The standard InChI is InChI=1S/C25H29NO9.C21H23NO7.C18H18INO5/c1-4-32-22(27)16-34-21-12-11-18(13-19(21)23(28)33-5-2)14-20(26-25(30)31-3)24(29)35-15-17-9-7-6-8-10-17;1-3-28-19(24)16-11-15(9-10-18(16)23)12-17(22-21(26)27-2)20(25)29-13-14-7-5-4-6-8-14;1-24-18(23)20-15(10-13-7-8-16(21)14(19)9-13)17(22)25-11-12-5-3-2-4-6-12/h6-13,20H,4-5,14-16H2,1-3H3,(H,26,30);4-11,17,23H,3,12-13H2,1-2H3,(H,22,26);2-9,15,21H,10-11H2,1H3,(H,20,23)/t20-;17-;15-/m000/s1. The summed E-state index contributed by atoms with van der Waals surface area (Å²) < 4.78 is 50.6. The largest absolute Gasteiger partial charge is 0.507 e. The first-order chi connectivity index (χ1) is 42.8. The molecule has 0 fully saturated rings. The van der Waals surface area contributed by atoms with E-state index in [2.05, 4.69) is 30.2 Å². The number of hydrogen-bond acceptors (Lipinski definition) is 21. The highest BCUT2D eigenvalue weighted by Gasteiger charge is 2.28. The lowest BCUT2D eigenvalue weighted by Crippen LogP contribution is -2.43. The average molecular weight is 1340 g/mol. The number of benzene rings is 6. The molecule has 0 saturated heterocycles. The summed E-state index contributed by atoms with van der Waals surface area (Å²) in [5.41, 5.74) is 4.27. The van der Waals surface area contributed by atoms with Crippen molar-refractivity contribution in [2.45, 2.75) is 78.0 Å². The third kappa shape index (κ3) is 25.9. The van der Waals surface area contributed by atoms with Gasteiger partial charge in [-0.1, -0.05) is 109 Å². The van der Waals surface area contributed by atoms with Crippen LogP contribution in [0, 0.1) is 3.57 Å². The van der Waals surface area contributed by atoms with Crippen LogP contribution in [0.25, 0.3) is 0 Å². The fraction of sp³-hybridized carbons (Fsp3) is 0.297. The summed E-state index contributed by atoms with van der Waals surface area (Å²) in [6.07, 6.45) is -2.08. The number of esters is 6. The number of phenols is 2. The van der Waals surface area contributed by atoms with Crippen molar-refractivity contribution in [3.8, 4) is 17.2 Å². The molecule has 0 bridgehead atoms. The predicted octanol–water partition coefficient (Wildman–Crippen LogP) is 8.40. The molecule has 6 aromatic carbocycles. The maximum atomic E-state index is 12.7. The number of rotatable bonds is 26. The SMILES string of the molecule is CCOC(=O)COc1ccc(C[C@H](NC(=O)OC)C(=O)OCc2ccccc2)cc1C(=O)OCC.CCOC(=O)c1cc(C[C@H](NC(=O)OC)C(=O)OCc2ccccc2)ccc1O.COC(=O)N[C@@H](Cc1ccc(O)c(I)c1)C(=O)OCc1ccccc1. The molecular weight excluding hydrogens is 1270 g/mol. The van der Waals surface area contributed by atoms with Gasteiger partial charge >= 0.3 is 54.1 Å². The molecule has 0 saturated carbocycles. The minimum atomic E-state index is -1.09. The Kier molecular flexibility index (Phi) is 31.3. The van der Waals surface area contributed by atoms with Gasteiger partial charge < -0.3 is 73.5 Å². The summed E-state index contributed by atoms with van der Waals surface area (Å²) in [6.45, 7) is 5.24. The molecule has 0 aliphatic heterocycles. The molecule has 0 heterocycles. The number of hydrogen-bond donors (Lipinski definition) is 5. The second-order valence-electron chi connectivity index (χ2n) is 18.5. The number of ether oxygens (including phenoxy) is 10. The monoisotopic (exact) mass is 1340 g/mol. The van der Waals surface area contributed by atoms with Crippen molar-refractivity contribution in [1.29, 1.82) is 0 Å². The lowest BCUT2D eigenvalue weighted by atomic mass is 10.0. The molecule has 0 aliphatic carbocycles. The van der Waals surface area contributed by atoms with E-state index in [0.717, 1.165) is 22.3 Å². The van der Waals surface area contributed by atoms with Gasteiger partial charge in [-0.2, -0.15) is 0 Å². The Hall–Kier alpha value is -9.92. The normalized spacial score (nSPS) is 11.2. The number of carbonyl (C=O) groups excluding carboxylic acids is 9. The lowest BCUT2D eigenvalue weighted by Gasteiger charge is -2.18. The molecule has 5 N–H and O–H groups in total. The number of amides is 3. The molecule has 0 aliphatic rings. The van der Waals surface area contributed by atoms with Crippen LogP contribution >= 0.6 is 22.6 Å². The molecule has 3 amide bonds. The van der Waals surface area contributed by atoms with Crippen molar-refractivity contribution >= 4 is 76.7 Å². The summed E-state index contributed by atoms with van der Waals surface area (Å²) in [7, 11) is 3.59. The zero-order chi connectivity index (χ0) is 65.1. The Morgan fingerprint density at radius 2 is 0.764 bits per heavy atom. The number of nitrogens with one attached hydrogen (secondary N) is 3. The van der Waals surface area contributed by atoms with Gasteiger partial charge in [0.1, 0.15) is 66.3 Å². The van der Waals surface area contributed by atoms with Gasteiger partial charge in [-0.3, -0.25) is 0 Å². The maximum Gasteiger partial charge on any atom is 0.407 e. The van der Waals surface area contributed by atoms with E-state index in [4.69, 9.17) is 33.2 Å². The van der Waals surface area contributed by atoms with E-state index in [0.29, 0.717) is 14.7 Å². The van der Waals surface area contributed by atoms with Gasteiger partial charge in [0.05, 0.1) is 44.7 Å². The molecule has 3 atom stereocenters. The van der Waals surface area contributed by atoms with E-state index in [-0.39, 0.29) is 87.3 Å². The van der Waals surface area contributed by atoms with Gasteiger partial charge in [-0.25, -0.2) is 43.2 Å². The number of phenolic OH excluding ortho intramolecular Hbond substituents is 2. The molecule has 25 heteroatoms. The predicted molar refractivity (Wildman–Crippen MR) is 327 cm³/mol. The van der Waals surface area contributed by atoms with Crippen LogP contribution in [0.3, 0.4) is 0 Å². The highest BCUT2D eigenvalue weighted by Crippen LogP contribution is 2.25. The number of carbonyl (C=O) groups is 9. The van der Waals surface area contributed by atoms with Crippen LogP contribution in [0.15, 0.2) is 146 Å². The van der Waals surface area contributed by atoms with Crippen molar-refractivity contribution in [2.75, 3.05) is 47.8 Å². The zero-order valence-electron chi connectivity index (χ0n) is 49.7. The second-order valence-corrected chi connectivity index (χ2v) is 19.6. The molecule has 89 heavy (non-hydrogen) atoms. The van der Waals surface area contributed by atoms with Crippen molar-refractivity contribution in [3.05, 3.63) is 194 Å². The van der Waals surface area contributed by atoms with Crippen molar-refractivity contribution < 1.29 is 101 Å². The van der Waals surface area contributed by atoms with Gasteiger partial charge in [0.15, 0.2) is 6.61 Å². The first kappa shape index (κ1) is 71.6. The Morgan fingerprint density at radius 1 is 0.416 bits per heavy atom. The summed E-state index contributed by atoms with van der Waals surface area (Å²) in [4.78, 5) is 109. The Labute approximate surface area is 527 Å². The van der Waals surface area contributed by atoms with Gasteiger partial charge in [0.25, 0.3) is 0 Å². The van der Waals surface area contributed by atoms with Crippen LogP contribution in [0.1, 0.15) is 74.9 Å². The van der Waals surface area contributed by atoms with Crippen molar-refractivity contribution in [1.82, 2.24) is 16.0 Å². The van der Waals surface area contributed by atoms with Crippen molar-refractivity contribution in [2.24, 2.45) is 0 Å². The minimum absolute atomic E-state index is 0.00666. The third-order valence-electron chi connectivity index (χ3n) is 12.0. The van der Waals surface area contributed by atoms with E-state index in [1.165, 1.54) is 51.7 Å². The number of methoxy groups -OCH3 is 3. The van der Waals surface area contributed by atoms with E-state index in [9.17, 15) is 53.4 Å². The molecule has 6 aromatic rings. The van der Waals surface area contributed by atoms with Gasteiger partial charge in [0, 0.05) is 19.3 Å². The molecule has 0 radical (unpaired) electrons. The minimum Gasteiger partial charge on any atom is -0.507 e. The van der Waals surface area contributed by atoms with Crippen LogP contribution in [0.5, 0.6) is 17.2 Å².